The summed E-state index contributed by atoms with van der Waals surface area (Å²) in [6.07, 6.45) is 1.89. The zero-order valence-corrected chi connectivity index (χ0v) is 10.5. The summed E-state index contributed by atoms with van der Waals surface area (Å²) in [7, 11) is 0. The lowest BCUT2D eigenvalue weighted by Crippen LogP contribution is -2.36. The van der Waals surface area contributed by atoms with Crippen LogP contribution in [0.3, 0.4) is 0 Å². The van der Waals surface area contributed by atoms with Crippen LogP contribution in [0.2, 0.25) is 0 Å². The summed E-state index contributed by atoms with van der Waals surface area (Å²) >= 11 is 1.17. The van der Waals surface area contributed by atoms with Gasteiger partial charge in [-0.3, -0.25) is 9.63 Å². The minimum Gasteiger partial charge on any atom is -0.272 e. The van der Waals surface area contributed by atoms with Crippen LogP contribution in [-0.2, 0) is 9.63 Å². The highest BCUT2D eigenvalue weighted by Crippen LogP contribution is 2.21. The highest BCUT2D eigenvalue weighted by atomic mass is 32.2. The Morgan fingerprint density at radius 2 is 2.17 bits per heavy atom. The summed E-state index contributed by atoms with van der Waals surface area (Å²) < 4.78 is 25.7. The minimum absolute atomic E-state index is 0.149. The SMILES string of the molecule is O=C(CSc1ccc(F)c(F)c1)N1CCCCO1. The van der Waals surface area contributed by atoms with Gasteiger partial charge in [0, 0.05) is 11.4 Å². The number of amides is 1. The molecule has 6 heteroatoms. The van der Waals surface area contributed by atoms with E-state index in [0.29, 0.717) is 18.0 Å². The molecule has 1 aromatic rings. The topological polar surface area (TPSA) is 29.5 Å². The van der Waals surface area contributed by atoms with Crippen LogP contribution >= 0.6 is 11.8 Å². The van der Waals surface area contributed by atoms with Crippen molar-refractivity contribution in [1.82, 2.24) is 5.06 Å². The number of carbonyl (C=O) groups excluding carboxylic acids is 1. The second-order valence-electron chi connectivity index (χ2n) is 3.90. The third kappa shape index (κ3) is 3.43. The van der Waals surface area contributed by atoms with Crippen LogP contribution in [0.1, 0.15) is 12.8 Å². The number of carbonyl (C=O) groups is 1. The molecule has 1 amide bonds. The second kappa shape index (κ2) is 6.15. The minimum atomic E-state index is -0.901. The van der Waals surface area contributed by atoms with Gasteiger partial charge in [-0.1, -0.05) is 0 Å². The number of benzene rings is 1. The van der Waals surface area contributed by atoms with Crippen molar-refractivity contribution in [2.45, 2.75) is 17.7 Å². The van der Waals surface area contributed by atoms with Crippen molar-refractivity contribution in [2.24, 2.45) is 0 Å². The van der Waals surface area contributed by atoms with Gasteiger partial charge in [0.25, 0.3) is 5.91 Å². The normalized spacial score (nSPS) is 15.8. The molecule has 1 fully saturated rings. The van der Waals surface area contributed by atoms with E-state index in [-0.39, 0.29) is 11.7 Å². The Bertz CT molecular complexity index is 436. The average Bonchev–Trinajstić information content (AvgIpc) is 2.41. The van der Waals surface area contributed by atoms with Crippen molar-refractivity contribution in [2.75, 3.05) is 18.9 Å². The summed E-state index contributed by atoms with van der Waals surface area (Å²) in [6.45, 7) is 1.15. The first-order valence-corrected chi connectivity index (χ1v) is 6.66. The Morgan fingerprint density at radius 1 is 1.33 bits per heavy atom. The van der Waals surface area contributed by atoms with Crippen molar-refractivity contribution in [3.05, 3.63) is 29.8 Å². The highest BCUT2D eigenvalue weighted by Gasteiger charge is 2.17. The molecule has 0 radical (unpaired) electrons. The number of hydrogen-bond donors (Lipinski definition) is 0. The lowest BCUT2D eigenvalue weighted by molar-refractivity contribution is -0.194. The zero-order chi connectivity index (χ0) is 13.0. The molecule has 0 aliphatic carbocycles. The largest absolute Gasteiger partial charge is 0.272 e. The lowest BCUT2D eigenvalue weighted by Gasteiger charge is -2.25. The smallest absolute Gasteiger partial charge is 0.256 e. The van der Waals surface area contributed by atoms with Crippen molar-refractivity contribution in [3.8, 4) is 0 Å². The maximum atomic E-state index is 12.9. The maximum absolute atomic E-state index is 12.9. The Kier molecular flexibility index (Phi) is 4.54. The molecule has 1 aliphatic heterocycles. The molecule has 2 rings (SSSR count). The van der Waals surface area contributed by atoms with Crippen molar-refractivity contribution in [1.29, 1.82) is 0 Å². The molecule has 0 N–H and O–H groups in total. The summed E-state index contributed by atoms with van der Waals surface area (Å²) in [6, 6.07) is 3.59. The van der Waals surface area contributed by atoms with E-state index in [2.05, 4.69) is 0 Å². The van der Waals surface area contributed by atoms with E-state index in [9.17, 15) is 13.6 Å². The fourth-order valence-electron chi connectivity index (χ4n) is 1.58. The van der Waals surface area contributed by atoms with Crippen LogP contribution in [0.25, 0.3) is 0 Å². The third-order valence-corrected chi connectivity index (χ3v) is 3.51. The standard InChI is InChI=1S/C12H13F2NO2S/c13-10-4-3-9(7-11(10)14)18-8-12(16)15-5-1-2-6-17-15/h3-4,7H,1-2,5-6,8H2. The average molecular weight is 273 g/mol. The van der Waals surface area contributed by atoms with Crippen LogP contribution in [-0.4, -0.2) is 29.9 Å². The van der Waals surface area contributed by atoms with Crippen LogP contribution in [0.15, 0.2) is 23.1 Å². The van der Waals surface area contributed by atoms with E-state index in [0.717, 1.165) is 25.0 Å². The van der Waals surface area contributed by atoms with Gasteiger partial charge in [0.1, 0.15) is 0 Å². The van der Waals surface area contributed by atoms with E-state index in [4.69, 9.17) is 4.84 Å². The number of thioether (sulfide) groups is 1. The first-order valence-electron chi connectivity index (χ1n) is 5.68. The number of rotatable bonds is 3. The van der Waals surface area contributed by atoms with Gasteiger partial charge in [-0.2, -0.15) is 0 Å². The van der Waals surface area contributed by atoms with Gasteiger partial charge >= 0.3 is 0 Å². The number of halogens is 2. The fourth-order valence-corrected chi connectivity index (χ4v) is 2.36. The number of hydroxylamine groups is 2. The van der Waals surface area contributed by atoms with Crippen LogP contribution in [0.4, 0.5) is 8.78 Å². The van der Waals surface area contributed by atoms with E-state index < -0.39 is 11.6 Å². The van der Waals surface area contributed by atoms with Gasteiger partial charge in [-0.15, -0.1) is 11.8 Å². The summed E-state index contributed by atoms with van der Waals surface area (Å²) in [5.74, 6) is -1.78. The molecule has 1 saturated heterocycles. The molecule has 1 aliphatic rings. The highest BCUT2D eigenvalue weighted by molar-refractivity contribution is 8.00. The van der Waals surface area contributed by atoms with Crippen LogP contribution < -0.4 is 0 Å². The van der Waals surface area contributed by atoms with Gasteiger partial charge in [-0.05, 0) is 31.0 Å². The molecule has 3 nitrogen and oxygen atoms in total. The van der Waals surface area contributed by atoms with Gasteiger partial charge < -0.3 is 0 Å². The van der Waals surface area contributed by atoms with Crippen molar-refractivity contribution >= 4 is 17.7 Å². The van der Waals surface area contributed by atoms with Crippen molar-refractivity contribution in [3.63, 3.8) is 0 Å². The predicted octanol–water partition coefficient (Wildman–Crippen LogP) is 2.61. The Balaban J connectivity index is 1.86. The molecule has 0 atom stereocenters. The van der Waals surface area contributed by atoms with Gasteiger partial charge in [0.05, 0.1) is 12.4 Å². The zero-order valence-electron chi connectivity index (χ0n) is 9.70. The molecular formula is C12H13F2NO2S. The van der Waals surface area contributed by atoms with E-state index in [1.54, 1.807) is 0 Å². The Labute approximate surface area is 108 Å². The van der Waals surface area contributed by atoms with Gasteiger partial charge in [0.15, 0.2) is 11.6 Å². The molecule has 0 aromatic heterocycles. The van der Waals surface area contributed by atoms with E-state index in [1.807, 2.05) is 0 Å². The molecule has 0 saturated carbocycles. The summed E-state index contributed by atoms with van der Waals surface area (Å²) in [5, 5.41) is 1.34. The fraction of sp³-hybridized carbons (Fsp3) is 0.417. The molecule has 0 spiro atoms. The van der Waals surface area contributed by atoms with Gasteiger partial charge in [0.2, 0.25) is 0 Å². The molecule has 18 heavy (non-hydrogen) atoms. The van der Waals surface area contributed by atoms with E-state index >= 15 is 0 Å². The monoisotopic (exact) mass is 273 g/mol. The summed E-state index contributed by atoms with van der Waals surface area (Å²) in [4.78, 5) is 17.5. The van der Waals surface area contributed by atoms with Crippen LogP contribution in [0, 0.1) is 11.6 Å². The predicted molar refractivity (Wildman–Crippen MR) is 64.0 cm³/mol. The van der Waals surface area contributed by atoms with E-state index in [1.165, 1.54) is 22.9 Å². The summed E-state index contributed by atoms with van der Waals surface area (Å²) in [5.41, 5.74) is 0. The Hall–Kier alpha value is -1.14. The first-order chi connectivity index (χ1) is 8.66. The second-order valence-corrected chi connectivity index (χ2v) is 4.95. The quantitative estimate of drug-likeness (QED) is 0.793. The third-order valence-electron chi connectivity index (χ3n) is 2.53. The van der Waals surface area contributed by atoms with Gasteiger partial charge in [-0.25, -0.2) is 13.8 Å². The first kappa shape index (κ1) is 13.3. The lowest BCUT2D eigenvalue weighted by atomic mass is 10.3. The van der Waals surface area contributed by atoms with Crippen molar-refractivity contribution < 1.29 is 18.4 Å². The number of hydrogen-bond acceptors (Lipinski definition) is 3. The maximum Gasteiger partial charge on any atom is 0.256 e. The Morgan fingerprint density at radius 3 is 2.83 bits per heavy atom. The molecule has 0 bridgehead atoms. The molecule has 1 heterocycles. The molecular weight excluding hydrogens is 260 g/mol. The molecule has 1 aromatic carbocycles. The number of nitrogens with zero attached hydrogens (tertiary/aromatic N) is 1. The molecule has 98 valence electrons. The molecule has 0 unspecified atom stereocenters. The van der Waals surface area contributed by atoms with Crippen LogP contribution in [0.5, 0.6) is 0 Å².